The molecular formula is C9H9ClF2O2. The molecular weight excluding hydrogens is 214 g/mol. The largest absolute Gasteiger partial charge is 0.389 e. The lowest BCUT2D eigenvalue weighted by molar-refractivity contribution is 0.0300. The Balaban J connectivity index is 3.01. The van der Waals surface area contributed by atoms with Crippen molar-refractivity contribution >= 4 is 11.6 Å². The van der Waals surface area contributed by atoms with Gasteiger partial charge in [0.05, 0.1) is 12.0 Å². The van der Waals surface area contributed by atoms with Gasteiger partial charge in [-0.3, -0.25) is 0 Å². The van der Waals surface area contributed by atoms with Crippen molar-refractivity contribution in [2.24, 2.45) is 0 Å². The van der Waals surface area contributed by atoms with E-state index < -0.39 is 23.8 Å². The summed E-state index contributed by atoms with van der Waals surface area (Å²) in [5, 5.41) is 18.5. The van der Waals surface area contributed by atoms with Gasteiger partial charge in [0.1, 0.15) is 6.10 Å². The average molecular weight is 223 g/mol. The van der Waals surface area contributed by atoms with E-state index in [-0.39, 0.29) is 11.4 Å². The molecule has 1 aromatic carbocycles. The highest BCUT2D eigenvalue weighted by atomic mass is 35.5. The Labute approximate surface area is 84.7 Å². The van der Waals surface area contributed by atoms with E-state index >= 15 is 0 Å². The third-order valence-corrected chi connectivity index (χ3v) is 2.14. The number of hydrogen-bond donors (Lipinski definition) is 2. The highest BCUT2D eigenvalue weighted by Gasteiger charge is 2.22. The number of benzene rings is 1. The zero-order valence-corrected chi connectivity index (χ0v) is 7.88. The standard InChI is InChI=1S/C9H9ClF2O2/c10-4-7(13)9(14)5-2-1-3-6(11)8(5)12/h1-3,7,9,13-14H,4H2. The molecule has 2 unspecified atom stereocenters. The summed E-state index contributed by atoms with van der Waals surface area (Å²) in [6.45, 7) is 0. The molecule has 1 aromatic rings. The van der Waals surface area contributed by atoms with Crippen LogP contribution in [0, 0.1) is 11.6 Å². The highest BCUT2D eigenvalue weighted by Crippen LogP contribution is 2.22. The van der Waals surface area contributed by atoms with E-state index in [1.165, 1.54) is 12.1 Å². The van der Waals surface area contributed by atoms with Gasteiger partial charge in [-0.05, 0) is 6.07 Å². The van der Waals surface area contributed by atoms with Crippen molar-refractivity contribution in [3.63, 3.8) is 0 Å². The first-order valence-electron chi connectivity index (χ1n) is 3.94. The van der Waals surface area contributed by atoms with Gasteiger partial charge in [0.2, 0.25) is 0 Å². The van der Waals surface area contributed by atoms with Gasteiger partial charge in [0.25, 0.3) is 0 Å². The second-order valence-corrected chi connectivity index (χ2v) is 3.12. The van der Waals surface area contributed by atoms with Crippen LogP contribution in [0.2, 0.25) is 0 Å². The Bertz CT molecular complexity index is 320. The fourth-order valence-corrected chi connectivity index (χ4v) is 1.21. The summed E-state index contributed by atoms with van der Waals surface area (Å²) in [5.41, 5.74) is -0.293. The summed E-state index contributed by atoms with van der Waals surface area (Å²) in [6.07, 6.45) is -2.82. The molecule has 0 saturated carbocycles. The number of aliphatic hydroxyl groups is 2. The van der Waals surface area contributed by atoms with Crippen LogP contribution in [0.25, 0.3) is 0 Å². The first-order chi connectivity index (χ1) is 6.57. The quantitative estimate of drug-likeness (QED) is 0.763. The van der Waals surface area contributed by atoms with Crippen molar-refractivity contribution in [2.75, 3.05) is 5.88 Å². The van der Waals surface area contributed by atoms with Crippen LogP contribution in [0.3, 0.4) is 0 Å². The summed E-state index contributed by atoms with van der Waals surface area (Å²) in [6, 6.07) is 3.37. The van der Waals surface area contributed by atoms with Crippen molar-refractivity contribution in [3.05, 3.63) is 35.4 Å². The van der Waals surface area contributed by atoms with E-state index in [1.807, 2.05) is 0 Å². The maximum Gasteiger partial charge on any atom is 0.164 e. The molecule has 0 aliphatic heterocycles. The zero-order chi connectivity index (χ0) is 10.7. The van der Waals surface area contributed by atoms with Crippen LogP contribution in [0.5, 0.6) is 0 Å². The molecule has 1 rings (SSSR count). The number of hydrogen-bond acceptors (Lipinski definition) is 2. The summed E-state index contributed by atoms with van der Waals surface area (Å²) in [5.74, 6) is -2.48. The molecule has 0 aliphatic rings. The average Bonchev–Trinajstić information content (AvgIpc) is 2.20. The minimum absolute atomic E-state index is 0.253. The van der Waals surface area contributed by atoms with E-state index in [0.717, 1.165) is 6.07 Å². The number of aliphatic hydroxyl groups excluding tert-OH is 2. The third-order valence-electron chi connectivity index (χ3n) is 1.82. The fraction of sp³-hybridized carbons (Fsp3) is 0.333. The summed E-state index contributed by atoms with van der Waals surface area (Å²) in [4.78, 5) is 0. The van der Waals surface area contributed by atoms with E-state index in [1.54, 1.807) is 0 Å². The molecule has 0 bridgehead atoms. The normalized spacial score (nSPS) is 15.2. The van der Waals surface area contributed by atoms with Gasteiger partial charge in [-0.2, -0.15) is 0 Å². The molecule has 0 spiro atoms. The summed E-state index contributed by atoms with van der Waals surface area (Å²) in [7, 11) is 0. The Morgan fingerprint density at radius 3 is 2.50 bits per heavy atom. The SMILES string of the molecule is OC(CCl)C(O)c1cccc(F)c1F. The Hall–Kier alpha value is -0.710. The van der Waals surface area contributed by atoms with Crippen molar-refractivity contribution in [2.45, 2.75) is 12.2 Å². The van der Waals surface area contributed by atoms with Crippen LogP contribution in [-0.2, 0) is 0 Å². The molecule has 0 heterocycles. The van der Waals surface area contributed by atoms with Crippen LogP contribution in [0.15, 0.2) is 18.2 Å². The molecule has 0 aliphatic carbocycles. The molecule has 5 heteroatoms. The maximum atomic E-state index is 13.1. The molecule has 2 nitrogen and oxygen atoms in total. The Morgan fingerprint density at radius 1 is 1.29 bits per heavy atom. The summed E-state index contributed by atoms with van der Waals surface area (Å²) < 4.78 is 25.8. The second-order valence-electron chi connectivity index (χ2n) is 2.81. The van der Waals surface area contributed by atoms with Gasteiger partial charge >= 0.3 is 0 Å². The number of halogens is 3. The molecule has 0 radical (unpaired) electrons. The Morgan fingerprint density at radius 2 is 1.93 bits per heavy atom. The van der Waals surface area contributed by atoms with Gasteiger partial charge in [-0.15, -0.1) is 11.6 Å². The van der Waals surface area contributed by atoms with Crippen LogP contribution < -0.4 is 0 Å². The molecule has 0 saturated heterocycles. The van der Waals surface area contributed by atoms with Crippen molar-refractivity contribution < 1.29 is 19.0 Å². The monoisotopic (exact) mass is 222 g/mol. The first-order valence-corrected chi connectivity index (χ1v) is 4.47. The lowest BCUT2D eigenvalue weighted by atomic mass is 10.0. The first kappa shape index (κ1) is 11.4. The van der Waals surface area contributed by atoms with Gasteiger partial charge in [-0.25, -0.2) is 8.78 Å². The lowest BCUT2D eigenvalue weighted by Crippen LogP contribution is -2.21. The topological polar surface area (TPSA) is 40.5 Å². The number of alkyl halides is 1. The van der Waals surface area contributed by atoms with E-state index in [0.29, 0.717) is 0 Å². The van der Waals surface area contributed by atoms with Gasteiger partial charge in [0, 0.05) is 5.56 Å². The fourth-order valence-electron chi connectivity index (χ4n) is 1.04. The van der Waals surface area contributed by atoms with Gasteiger partial charge in [0.15, 0.2) is 11.6 Å². The van der Waals surface area contributed by atoms with Gasteiger partial charge < -0.3 is 10.2 Å². The van der Waals surface area contributed by atoms with Crippen LogP contribution in [0.4, 0.5) is 8.78 Å². The second kappa shape index (κ2) is 4.68. The number of rotatable bonds is 3. The molecule has 78 valence electrons. The minimum Gasteiger partial charge on any atom is -0.389 e. The zero-order valence-electron chi connectivity index (χ0n) is 7.12. The van der Waals surface area contributed by atoms with Crippen molar-refractivity contribution in [3.8, 4) is 0 Å². The van der Waals surface area contributed by atoms with Crippen molar-refractivity contribution in [1.29, 1.82) is 0 Å². The molecule has 2 atom stereocenters. The molecule has 0 aromatic heterocycles. The molecule has 0 fully saturated rings. The molecule has 14 heavy (non-hydrogen) atoms. The lowest BCUT2D eigenvalue weighted by Gasteiger charge is -2.16. The predicted octanol–water partition coefficient (Wildman–Crippen LogP) is 1.60. The van der Waals surface area contributed by atoms with E-state index in [9.17, 15) is 13.9 Å². The van der Waals surface area contributed by atoms with Crippen LogP contribution in [0.1, 0.15) is 11.7 Å². The minimum atomic E-state index is -1.51. The maximum absolute atomic E-state index is 13.1. The van der Waals surface area contributed by atoms with E-state index in [2.05, 4.69) is 0 Å². The van der Waals surface area contributed by atoms with Crippen LogP contribution in [-0.4, -0.2) is 22.2 Å². The molecule has 0 amide bonds. The summed E-state index contributed by atoms with van der Waals surface area (Å²) >= 11 is 5.26. The van der Waals surface area contributed by atoms with Gasteiger partial charge in [-0.1, -0.05) is 12.1 Å². The third kappa shape index (κ3) is 2.20. The van der Waals surface area contributed by atoms with Crippen molar-refractivity contribution in [1.82, 2.24) is 0 Å². The smallest absolute Gasteiger partial charge is 0.164 e. The highest BCUT2D eigenvalue weighted by molar-refractivity contribution is 6.18. The van der Waals surface area contributed by atoms with Crippen LogP contribution >= 0.6 is 11.6 Å². The predicted molar refractivity (Wildman–Crippen MR) is 48.0 cm³/mol. The molecule has 2 N–H and O–H groups in total. The Kier molecular flexibility index (Phi) is 3.80. The van der Waals surface area contributed by atoms with E-state index in [4.69, 9.17) is 16.7 Å².